The van der Waals surface area contributed by atoms with E-state index in [1.807, 2.05) is 0 Å². The number of hydrogen-bond acceptors (Lipinski definition) is 4. The Hall–Kier alpha value is -0.620. The molecule has 0 aromatic heterocycles. The molecule has 0 spiro atoms. The van der Waals surface area contributed by atoms with Crippen LogP contribution >= 0.6 is 0 Å². The Kier molecular flexibility index (Phi) is 3.47. The summed E-state index contributed by atoms with van der Waals surface area (Å²) < 4.78 is 24.5. The fourth-order valence-corrected chi connectivity index (χ4v) is 1.12. The van der Waals surface area contributed by atoms with Crippen LogP contribution in [0.15, 0.2) is 0 Å². The number of thiol groups is 1. The number of hydrogen-bond donors (Lipinski definition) is 2. The Morgan fingerprint density at radius 3 is 2.27 bits per heavy atom. The topological polar surface area (TPSA) is 86.5 Å². The summed E-state index contributed by atoms with van der Waals surface area (Å²) >= 11 is 0. The highest BCUT2D eigenvalue weighted by Gasteiger charge is 2.22. The van der Waals surface area contributed by atoms with Crippen molar-refractivity contribution in [3.05, 3.63) is 0 Å². The molecule has 66 valence electrons. The molecule has 0 aromatic carbocycles. The second-order valence-corrected chi connectivity index (χ2v) is 3.35. The lowest BCUT2D eigenvalue weighted by Gasteiger charge is -2.18. The molecule has 1 amide bonds. The van der Waals surface area contributed by atoms with Crippen LogP contribution in [0.1, 0.15) is 20.3 Å². The van der Waals surface area contributed by atoms with Crippen LogP contribution in [0.4, 0.5) is 0 Å². The largest absolute Gasteiger partial charge is 0.370 e. The smallest absolute Gasteiger partial charge is 0.257 e. The third kappa shape index (κ3) is 5.81. The molecular weight excluding hydrogens is 170 g/mol. The summed E-state index contributed by atoms with van der Waals surface area (Å²) in [5.41, 5.74) is 3.81. The maximum Gasteiger partial charge on any atom is 0.257 e. The van der Waals surface area contributed by atoms with Crippen LogP contribution in [0.5, 0.6) is 0 Å². The Morgan fingerprint density at radius 2 is 2.00 bits per heavy atom. The lowest BCUT2D eigenvalue weighted by atomic mass is 10.1. The third-order valence-corrected chi connectivity index (χ3v) is 1.56. The van der Waals surface area contributed by atoms with Crippen LogP contribution in [0.2, 0.25) is 0 Å². The van der Waals surface area contributed by atoms with Crippen molar-refractivity contribution in [2.75, 3.05) is 0 Å². The average molecular weight is 181 g/mol. The molecule has 0 fully saturated rings. The molecule has 0 saturated heterocycles. The van der Waals surface area contributed by atoms with Crippen LogP contribution in [-0.4, -0.2) is 19.9 Å². The van der Waals surface area contributed by atoms with Crippen LogP contribution < -0.4 is 5.73 Å². The highest BCUT2D eigenvalue weighted by Crippen LogP contribution is 2.13. The molecule has 11 heavy (non-hydrogen) atoms. The summed E-state index contributed by atoms with van der Waals surface area (Å²) in [5, 5.41) is 0. The first kappa shape index (κ1) is 10.4. The van der Waals surface area contributed by atoms with E-state index in [2.05, 4.69) is 4.18 Å². The van der Waals surface area contributed by atoms with Crippen LogP contribution in [0.25, 0.3) is 0 Å². The van der Waals surface area contributed by atoms with Gasteiger partial charge in [-0.1, -0.05) is 0 Å². The first-order valence-corrected chi connectivity index (χ1v) is 4.05. The minimum Gasteiger partial charge on any atom is -0.370 e. The van der Waals surface area contributed by atoms with E-state index in [0.717, 1.165) is 0 Å². The molecule has 0 radical (unpaired) electrons. The van der Waals surface area contributed by atoms with Crippen LogP contribution in [-0.2, 0) is 20.0 Å². The van der Waals surface area contributed by atoms with Gasteiger partial charge >= 0.3 is 0 Å². The normalized spacial score (nSPS) is 11.9. The van der Waals surface area contributed by atoms with Crippen LogP contribution in [0, 0.1) is 0 Å². The maximum atomic E-state index is 10.3. The lowest BCUT2D eigenvalue weighted by Crippen LogP contribution is -2.30. The zero-order valence-electron chi connectivity index (χ0n) is 6.36. The number of carbonyl (C=O) groups is 1. The number of nitrogens with two attached hydrogens (primary N) is 1. The molecule has 5 nitrogen and oxygen atoms in total. The second kappa shape index (κ2) is 3.68. The molecule has 0 aliphatic rings. The zero-order valence-corrected chi connectivity index (χ0v) is 7.26. The summed E-state index contributed by atoms with van der Waals surface area (Å²) in [4.78, 5) is 10.3. The van der Waals surface area contributed by atoms with E-state index in [1.54, 1.807) is 0 Å². The van der Waals surface area contributed by atoms with Gasteiger partial charge in [0, 0.05) is 0 Å². The van der Waals surface area contributed by atoms with Gasteiger partial charge in [0.2, 0.25) is 5.91 Å². The summed E-state index contributed by atoms with van der Waals surface area (Å²) in [6, 6.07) is 0. The maximum absolute atomic E-state index is 10.3. The van der Waals surface area contributed by atoms with Gasteiger partial charge in [0.25, 0.3) is 11.0 Å². The van der Waals surface area contributed by atoms with Gasteiger partial charge in [0.15, 0.2) is 0 Å². The Bertz CT molecular complexity index is 213. The SMILES string of the molecule is CC(C)(CC(N)=O)O[SH](=O)=O. The van der Waals surface area contributed by atoms with Gasteiger partial charge in [-0.25, -0.2) is 8.42 Å². The van der Waals surface area contributed by atoms with Crippen LogP contribution in [0.3, 0.4) is 0 Å². The van der Waals surface area contributed by atoms with Gasteiger partial charge in [-0.2, -0.15) is 0 Å². The predicted octanol–water partition coefficient (Wildman–Crippen LogP) is -0.817. The highest BCUT2D eigenvalue weighted by atomic mass is 32.2. The molecule has 0 aliphatic heterocycles. The zero-order chi connectivity index (χ0) is 9.07. The van der Waals surface area contributed by atoms with Crippen molar-refractivity contribution in [1.82, 2.24) is 0 Å². The van der Waals surface area contributed by atoms with Crippen molar-refractivity contribution >= 4 is 16.9 Å². The van der Waals surface area contributed by atoms with E-state index in [0.29, 0.717) is 0 Å². The summed E-state index contributed by atoms with van der Waals surface area (Å²) in [7, 11) is -2.93. The summed E-state index contributed by atoms with van der Waals surface area (Å²) in [5.74, 6) is -0.591. The van der Waals surface area contributed by atoms with Crippen molar-refractivity contribution in [2.45, 2.75) is 25.9 Å². The van der Waals surface area contributed by atoms with E-state index in [4.69, 9.17) is 5.73 Å². The molecule has 6 heteroatoms. The van der Waals surface area contributed by atoms with Crippen molar-refractivity contribution in [3.8, 4) is 0 Å². The first-order chi connectivity index (χ1) is 4.83. The molecule has 0 atom stereocenters. The van der Waals surface area contributed by atoms with E-state index >= 15 is 0 Å². The van der Waals surface area contributed by atoms with Crippen molar-refractivity contribution in [3.63, 3.8) is 0 Å². The number of amides is 1. The highest BCUT2D eigenvalue weighted by molar-refractivity contribution is 7.67. The minimum atomic E-state index is -2.93. The monoisotopic (exact) mass is 181 g/mol. The van der Waals surface area contributed by atoms with Crippen molar-refractivity contribution < 1.29 is 17.4 Å². The van der Waals surface area contributed by atoms with E-state index < -0.39 is 22.5 Å². The molecule has 0 heterocycles. The van der Waals surface area contributed by atoms with Crippen molar-refractivity contribution in [2.24, 2.45) is 5.73 Å². The molecule has 0 bridgehead atoms. The number of carbonyl (C=O) groups excluding carboxylic acids is 1. The van der Waals surface area contributed by atoms with Gasteiger partial charge in [-0.15, -0.1) is 0 Å². The molecule has 0 aliphatic carbocycles. The third-order valence-electron chi connectivity index (χ3n) is 0.922. The minimum absolute atomic E-state index is 0.115. The average Bonchev–Trinajstić information content (AvgIpc) is 1.53. The first-order valence-electron chi connectivity index (χ1n) is 2.95. The Morgan fingerprint density at radius 1 is 1.55 bits per heavy atom. The standard InChI is InChI=1S/C5H11NO4S/c1-5(2,3-4(6)7)10-11(8)9/h11H,3H2,1-2H3,(H2,6,7). The summed E-state index contributed by atoms with van der Waals surface area (Å²) in [6.07, 6.45) is -0.115. The van der Waals surface area contributed by atoms with E-state index in [1.165, 1.54) is 13.8 Å². The lowest BCUT2D eigenvalue weighted by molar-refractivity contribution is -0.120. The fraction of sp³-hybridized carbons (Fsp3) is 0.800. The van der Waals surface area contributed by atoms with E-state index in [-0.39, 0.29) is 6.42 Å². The molecular formula is C5H11NO4S. The van der Waals surface area contributed by atoms with Gasteiger partial charge in [-0.3, -0.25) is 8.98 Å². The van der Waals surface area contributed by atoms with Gasteiger partial charge < -0.3 is 5.73 Å². The van der Waals surface area contributed by atoms with E-state index in [9.17, 15) is 13.2 Å². The second-order valence-electron chi connectivity index (χ2n) is 2.72. The van der Waals surface area contributed by atoms with Gasteiger partial charge in [-0.05, 0) is 13.8 Å². The number of primary amides is 1. The van der Waals surface area contributed by atoms with Gasteiger partial charge in [0.05, 0.1) is 12.0 Å². The molecule has 0 unspecified atom stereocenters. The Labute approximate surface area is 66.7 Å². The predicted molar refractivity (Wildman–Crippen MR) is 39.3 cm³/mol. The van der Waals surface area contributed by atoms with Gasteiger partial charge in [0.1, 0.15) is 0 Å². The molecule has 0 saturated carbocycles. The molecule has 0 rings (SSSR count). The van der Waals surface area contributed by atoms with Crippen molar-refractivity contribution in [1.29, 1.82) is 0 Å². The summed E-state index contributed by atoms with van der Waals surface area (Å²) in [6.45, 7) is 2.95. The molecule has 2 N–H and O–H groups in total. The quantitative estimate of drug-likeness (QED) is 0.555. The molecule has 0 aromatic rings. The fourth-order valence-electron chi connectivity index (χ4n) is 0.654. The number of rotatable bonds is 4. The Balaban J connectivity index is 4.10.